The maximum atomic E-state index is 13.8. The van der Waals surface area contributed by atoms with Crippen LogP contribution in [-0.2, 0) is 10.0 Å². The number of nitrogens with zero attached hydrogens (tertiary/aromatic N) is 2. The van der Waals surface area contributed by atoms with E-state index >= 15 is 0 Å². The van der Waals surface area contributed by atoms with Gasteiger partial charge in [0.15, 0.2) is 0 Å². The Balaban J connectivity index is 1.71. The first-order valence-corrected chi connectivity index (χ1v) is 12.5. The molecule has 0 saturated heterocycles. The van der Waals surface area contributed by atoms with Crippen molar-refractivity contribution in [2.75, 3.05) is 18.5 Å². The zero-order valence-electron chi connectivity index (χ0n) is 17.4. The molecule has 0 spiro atoms. The average Bonchev–Trinajstić information content (AvgIpc) is 3.61. The summed E-state index contributed by atoms with van der Waals surface area (Å²) >= 11 is 6.73. The highest BCUT2D eigenvalue weighted by Gasteiger charge is 2.39. The molecule has 1 atom stereocenters. The summed E-state index contributed by atoms with van der Waals surface area (Å²) in [7, 11) is -1.96. The lowest BCUT2D eigenvalue weighted by atomic mass is 10.0. The fourth-order valence-electron chi connectivity index (χ4n) is 4.39. The highest BCUT2D eigenvalue weighted by molar-refractivity contribution is 7.89. The summed E-state index contributed by atoms with van der Waals surface area (Å²) < 4.78 is 29.1. The van der Waals surface area contributed by atoms with Crippen molar-refractivity contribution < 1.29 is 8.42 Å². The molecule has 0 aromatic heterocycles. The smallest absolute Gasteiger partial charge is 0.245 e. The highest BCUT2D eigenvalue weighted by Crippen LogP contribution is 2.44. The summed E-state index contributed by atoms with van der Waals surface area (Å²) in [5, 5.41) is 0.546. The van der Waals surface area contributed by atoms with Gasteiger partial charge in [-0.2, -0.15) is 4.31 Å². The predicted molar refractivity (Wildman–Crippen MR) is 126 cm³/mol. The molecular formula is C25H25ClN2O2S. The van der Waals surface area contributed by atoms with Gasteiger partial charge in [0.1, 0.15) is 4.90 Å². The van der Waals surface area contributed by atoms with Gasteiger partial charge < -0.3 is 4.90 Å². The van der Waals surface area contributed by atoms with Crippen molar-refractivity contribution in [3.8, 4) is 11.1 Å². The molecule has 0 bridgehead atoms. The highest BCUT2D eigenvalue weighted by atomic mass is 35.5. The van der Waals surface area contributed by atoms with E-state index in [4.69, 9.17) is 11.6 Å². The standard InChI is InChI=1S/C25H25ClN2O2S/c1-27-21(14-18-12-13-18)17-28(20-10-6-3-7-11-20)24-16-23(26)22(15-25(24)31(27,29)30)19-8-4-2-5-9-19/h2-11,15-16,18,21H,12-14,17H2,1H3/t21-/m0/s1. The van der Waals surface area contributed by atoms with Crippen LogP contribution in [0.2, 0.25) is 5.02 Å². The van der Waals surface area contributed by atoms with Crippen LogP contribution in [0.5, 0.6) is 0 Å². The van der Waals surface area contributed by atoms with Crippen LogP contribution in [0.3, 0.4) is 0 Å². The number of para-hydroxylation sites is 1. The van der Waals surface area contributed by atoms with E-state index in [1.807, 2.05) is 66.7 Å². The second kappa shape index (κ2) is 7.97. The van der Waals surface area contributed by atoms with Gasteiger partial charge in [-0.15, -0.1) is 0 Å². The molecule has 3 aromatic carbocycles. The normalized spacial score (nSPS) is 20.8. The first kappa shape index (κ1) is 20.6. The minimum absolute atomic E-state index is 0.0935. The number of fused-ring (bicyclic) bond motifs is 1. The van der Waals surface area contributed by atoms with Crippen molar-refractivity contribution >= 4 is 33.0 Å². The third-order valence-electron chi connectivity index (χ3n) is 6.36. The molecule has 160 valence electrons. The molecule has 1 fully saturated rings. The van der Waals surface area contributed by atoms with E-state index < -0.39 is 10.0 Å². The van der Waals surface area contributed by atoms with Crippen molar-refractivity contribution in [3.63, 3.8) is 0 Å². The van der Waals surface area contributed by atoms with Crippen LogP contribution in [0, 0.1) is 5.92 Å². The molecule has 1 aliphatic carbocycles. The summed E-state index contributed by atoms with van der Waals surface area (Å²) in [6.07, 6.45) is 3.26. The number of benzene rings is 3. The first-order chi connectivity index (χ1) is 14.9. The van der Waals surface area contributed by atoms with Gasteiger partial charge in [0.25, 0.3) is 0 Å². The van der Waals surface area contributed by atoms with Crippen molar-refractivity contribution in [2.45, 2.75) is 30.2 Å². The van der Waals surface area contributed by atoms with E-state index in [9.17, 15) is 8.42 Å². The Morgan fingerprint density at radius 3 is 2.26 bits per heavy atom. The number of rotatable bonds is 4. The van der Waals surface area contributed by atoms with Gasteiger partial charge in [0.2, 0.25) is 10.0 Å². The number of halogens is 1. The third-order valence-corrected chi connectivity index (χ3v) is 8.61. The Bertz CT molecular complexity index is 1190. The number of sulfonamides is 1. The van der Waals surface area contributed by atoms with E-state index in [0.717, 1.165) is 23.2 Å². The van der Waals surface area contributed by atoms with Crippen LogP contribution in [0.1, 0.15) is 19.3 Å². The molecule has 2 aliphatic rings. The number of likely N-dealkylation sites (N-methyl/N-ethyl adjacent to an activating group) is 1. The summed E-state index contributed by atoms with van der Waals surface area (Å²) in [6.45, 7) is 0.601. The van der Waals surface area contributed by atoms with Gasteiger partial charge in [-0.05, 0) is 42.2 Å². The fourth-order valence-corrected chi connectivity index (χ4v) is 6.21. The SMILES string of the molecule is CN1[C@@H](CC2CC2)CN(c2ccccc2)c2cc(Cl)c(-c3ccccc3)cc2S1(=O)=O. The Morgan fingerprint density at radius 1 is 0.968 bits per heavy atom. The van der Waals surface area contributed by atoms with Gasteiger partial charge in [0, 0.05) is 30.9 Å². The second-order valence-corrected chi connectivity index (χ2v) is 10.8. The van der Waals surface area contributed by atoms with Crippen LogP contribution >= 0.6 is 11.6 Å². The summed E-state index contributed by atoms with van der Waals surface area (Å²) in [5.41, 5.74) is 3.24. The van der Waals surface area contributed by atoms with Crippen LogP contribution in [0.25, 0.3) is 11.1 Å². The third kappa shape index (κ3) is 3.86. The fraction of sp³-hybridized carbons (Fsp3) is 0.280. The zero-order chi connectivity index (χ0) is 21.6. The Labute approximate surface area is 189 Å². The molecule has 0 unspecified atom stereocenters. The second-order valence-electron chi connectivity index (χ2n) is 8.47. The molecule has 31 heavy (non-hydrogen) atoms. The van der Waals surface area contributed by atoms with Gasteiger partial charge in [0.05, 0.1) is 10.7 Å². The molecule has 6 heteroatoms. The lowest BCUT2D eigenvalue weighted by molar-refractivity contribution is 0.346. The molecule has 5 rings (SSSR count). The molecule has 1 saturated carbocycles. The Hall–Kier alpha value is -2.34. The molecule has 4 nitrogen and oxygen atoms in total. The minimum Gasteiger partial charge on any atom is -0.339 e. The molecule has 0 amide bonds. The van der Waals surface area contributed by atoms with E-state index in [-0.39, 0.29) is 6.04 Å². The first-order valence-electron chi connectivity index (χ1n) is 10.6. The topological polar surface area (TPSA) is 40.6 Å². The number of anilines is 2. The molecule has 0 radical (unpaired) electrons. The van der Waals surface area contributed by atoms with Crippen LogP contribution in [-0.4, -0.2) is 32.4 Å². The van der Waals surface area contributed by atoms with Crippen LogP contribution in [0.4, 0.5) is 11.4 Å². The quantitative estimate of drug-likeness (QED) is 0.491. The van der Waals surface area contributed by atoms with Gasteiger partial charge in [-0.25, -0.2) is 8.42 Å². The molecule has 3 aromatic rings. The Kier molecular flexibility index (Phi) is 5.29. The van der Waals surface area contributed by atoms with E-state index in [2.05, 4.69) is 4.90 Å². The minimum atomic E-state index is -3.68. The molecular weight excluding hydrogens is 428 g/mol. The lowest BCUT2D eigenvalue weighted by Gasteiger charge is -2.29. The van der Waals surface area contributed by atoms with Gasteiger partial charge >= 0.3 is 0 Å². The van der Waals surface area contributed by atoms with Crippen molar-refractivity contribution in [1.29, 1.82) is 0 Å². The van der Waals surface area contributed by atoms with E-state index in [1.165, 1.54) is 12.8 Å². The molecule has 0 N–H and O–H groups in total. The van der Waals surface area contributed by atoms with Crippen LogP contribution in [0.15, 0.2) is 77.7 Å². The van der Waals surface area contributed by atoms with Gasteiger partial charge in [-0.3, -0.25) is 0 Å². The molecule has 1 aliphatic heterocycles. The number of hydrogen-bond donors (Lipinski definition) is 0. The predicted octanol–water partition coefficient (Wildman–Crippen LogP) is 5.95. The van der Waals surface area contributed by atoms with Crippen LogP contribution < -0.4 is 4.90 Å². The van der Waals surface area contributed by atoms with Gasteiger partial charge in [-0.1, -0.05) is 73.0 Å². The summed E-state index contributed by atoms with van der Waals surface area (Å²) in [6, 6.07) is 23.1. The van der Waals surface area contributed by atoms with E-state index in [0.29, 0.717) is 28.1 Å². The monoisotopic (exact) mass is 452 g/mol. The van der Waals surface area contributed by atoms with E-state index in [1.54, 1.807) is 17.4 Å². The van der Waals surface area contributed by atoms with Crippen molar-refractivity contribution in [2.24, 2.45) is 5.92 Å². The van der Waals surface area contributed by atoms with Crippen molar-refractivity contribution in [3.05, 3.63) is 77.8 Å². The maximum absolute atomic E-state index is 13.8. The lowest BCUT2D eigenvalue weighted by Crippen LogP contribution is -2.41. The zero-order valence-corrected chi connectivity index (χ0v) is 19.0. The Morgan fingerprint density at radius 2 is 1.61 bits per heavy atom. The summed E-state index contributed by atoms with van der Waals surface area (Å²) in [5.74, 6) is 0.616. The number of hydrogen-bond acceptors (Lipinski definition) is 3. The largest absolute Gasteiger partial charge is 0.339 e. The summed E-state index contributed by atoms with van der Waals surface area (Å²) in [4.78, 5) is 2.42. The average molecular weight is 453 g/mol. The maximum Gasteiger partial charge on any atom is 0.245 e. The van der Waals surface area contributed by atoms with Crippen molar-refractivity contribution in [1.82, 2.24) is 4.31 Å². The molecule has 1 heterocycles.